The Kier molecular flexibility index (Phi) is 7.72. The summed E-state index contributed by atoms with van der Waals surface area (Å²) in [5.41, 5.74) is 2.04. The van der Waals surface area contributed by atoms with Gasteiger partial charge in [-0.2, -0.15) is 13.2 Å². The molecule has 4 aromatic rings. The Labute approximate surface area is 222 Å². The summed E-state index contributed by atoms with van der Waals surface area (Å²) in [5, 5.41) is 5.44. The molecular weight excluding hydrogens is 569 g/mol. The molecule has 0 aliphatic rings. The maximum Gasteiger partial charge on any atom is 0.416 e. The topological polar surface area (TPSA) is 101 Å². The van der Waals surface area contributed by atoms with Crippen molar-refractivity contribution >= 4 is 55.9 Å². The normalized spacial score (nSPS) is 11.2. The number of aromatic nitrogens is 1. The number of carbonyl (C=O) groups excluding carboxylic acids is 3. The van der Waals surface area contributed by atoms with Crippen molar-refractivity contribution in [2.45, 2.75) is 13.1 Å². The number of nitrogens with one attached hydrogen (secondary N) is 3. The largest absolute Gasteiger partial charge is 0.494 e. The maximum absolute atomic E-state index is 13.1. The predicted molar refractivity (Wildman–Crippen MR) is 140 cm³/mol. The fourth-order valence-electron chi connectivity index (χ4n) is 3.58. The third-order valence-electron chi connectivity index (χ3n) is 5.29. The molecule has 4 rings (SSSR count). The molecule has 1 heterocycles. The molecular formula is C26H20BrF3N4O4. The second-order valence-corrected chi connectivity index (χ2v) is 8.87. The summed E-state index contributed by atoms with van der Waals surface area (Å²) in [6.07, 6.45) is -4.62. The number of carbonyl (C=O) groups is 3. The highest BCUT2D eigenvalue weighted by Gasteiger charge is 2.30. The Morgan fingerprint density at radius 1 is 0.895 bits per heavy atom. The van der Waals surface area contributed by atoms with Gasteiger partial charge in [0.2, 0.25) is 0 Å². The summed E-state index contributed by atoms with van der Waals surface area (Å²) in [5.74, 6) is -2.37. The van der Waals surface area contributed by atoms with Crippen LogP contribution in [0.15, 0.2) is 77.3 Å². The molecule has 38 heavy (non-hydrogen) atoms. The second-order valence-electron chi connectivity index (χ2n) is 7.95. The lowest BCUT2D eigenvalue weighted by Crippen LogP contribution is -2.36. The molecule has 0 atom stereocenters. The van der Waals surface area contributed by atoms with Crippen LogP contribution >= 0.6 is 15.9 Å². The van der Waals surface area contributed by atoms with Crippen molar-refractivity contribution < 1.29 is 32.3 Å². The minimum atomic E-state index is -4.62. The molecule has 0 aliphatic carbocycles. The van der Waals surface area contributed by atoms with Crippen LogP contribution in [-0.4, -0.2) is 29.0 Å². The first-order valence-electron chi connectivity index (χ1n) is 11.2. The van der Waals surface area contributed by atoms with Gasteiger partial charge in [-0.1, -0.05) is 22.0 Å². The van der Waals surface area contributed by atoms with E-state index in [2.05, 4.69) is 32.0 Å². The van der Waals surface area contributed by atoms with Gasteiger partial charge in [0.25, 0.3) is 5.91 Å². The van der Waals surface area contributed by atoms with E-state index >= 15 is 0 Å². The molecule has 0 radical (unpaired) electrons. The van der Waals surface area contributed by atoms with E-state index in [0.717, 1.165) is 16.8 Å². The summed E-state index contributed by atoms with van der Waals surface area (Å²) in [6, 6.07) is 17.1. The molecule has 0 fully saturated rings. The summed E-state index contributed by atoms with van der Waals surface area (Å²) >= 11 is 3.35. The number of hydrogen-bond acceptors (Lipinski definition) is 4. The third-order valence-corrected chi connectivity index (χ3v) is 5.78. The molecule has 3 aromatic carbocycles. The van der Waals surface area contributed by atoms with Crippen LogP contribution in [0.2, 0.25) is 0 Å². The quantitative estimate of drug-likeness (QED) is 0.248. The van der Waals surface area contributed by atoms with Gasteiger partial charge in [-0.15, -0.1) is 0 Å². The van der Waals surface area contributed by atoms with Crippen LogP contribution in [0, 0.1) is 0 Å². The van der Waals surface area contributed by atoms with Gasteiger partial charge in [0.15, 0.2) is 0 Å². The van der Waals surface area contributed by atoms with Crippen molar-refractivity contribution in [3.63, 3.8) is 0 Å². The molecule has 0 unspecified atom stereocenters. The fraction of sp³-hybridized carbons (Fsp3) is 0.115. The van der Waals surface area contributed by atoms with Crippen molar-refractivity contribution in [1.82, 2.24) is 4.68 Å². The first-order chi connectivity index (χ1) is 18.0. The van der Waals surface area contributed by atoms with Crippen LogP contribution in [0.25, 0.3) is 10.9 Å². The fourth-order valence-corrected chi connectivity index (χ4v) is 3.96. The van der Waals surface area contributed by atoms with E-state index in [1.54, 1.807) is 42.5 Å². The highest BCUT2D eigenvalue weighted by Crippen LogP contribution is 2.30. The van der Waals surface area contributed by atoms with Crippen LogP contribution in [0.1, 0.15) is 23.0 Å². The average Bonchev–Trinajstić information content (AvgIpc) is 3.22. The summed E-state index contributed by atoms with van der Waals surface area (Å²) in [6.45, 7) is 2.34. The van der Waals surface area contributed by atoms with E-state index < -0.39 is 29.5 Å². The van der Waals surface area contributed by atoms with Crippen LogP contribution < -0.4 is 20.8 Å². The van der Waals surface area contributed by atoms with Gasteiger partial charge in [0, 0.05) is 21.2 Å². The van der Waals surface area contributed by atoms with Gasteiger partial charge in [-0.25, -0.2) is 4.68 Å². The maximum atomic E-state index is 13.1. The average molecular weight is 589 g/mol. The molecule has 8 nitrogen and oxygen atoms in total. The van der Waals surface area contributed by atoms with Crippen molar-refractivity contribution in [3.8, 4) is 5.75 Å². The molecule has 0 saturated carbocycles. The van der Waals surface area contributed by atoms with Gasteiger partial charge in [0.05, 0.1) is 17.7 Å². The molecule has 12 heteroatoms. The van der Waals surface area contributed by atoms with Gasteiger partial charge in [-0.3, -0.25) is 19.8 Å². The first kappa shape index (κ1) is 26.7. The lowest BCUT2D eigenvalue weighted by Gasteiger charge is -2.13. The molecule has 196 valence electrons. The van der Waals surface area contributed by atoms with Crippen LogP contribution in [0.3, 0.4) is 0 Å². The second kappa shape index (κ2) is 11.0. The summed E-state index contributed by atoms with van der Waals surface area (Å²) in [7, 11) is 0. The molecule has 0 spiro atoms. The zero-order chi connectivity index (χ0) is 27.4. The Hall–Kier alpha value is -4.32. The van der Waals surface area contributed by atoms with Crippen molar-refractivity contribution in [2.24, 2.45) is 0 Å². The summed E-state index contributed by atoms with van der Waals surface area (Å²) < 4.78 is 46.2. The lowest BCUT2D eigenvalue weighted by atomic mass is 10.2. The zero-order valence-corrected chi connectivity index (χ0v) is 21.3. The number of hydrogen-bond donors (Lipinski definition) is 3. The number of alkyl halides is 3. The third kappa shape index (κ3) is 6.14. The summed E-state index contributed by atoms with van der Waals surface area (Å²) in [4.78, 5) is 38.4. The number of nitrogens with zero attached hydrogens (tertiary/aromatic N) is 1. The minimum Gasteiger partial charge on any atom is -0.494 e. The molecule has 3 amide bonds. The van der Waals surface area contributed by atoms with E-state index in [1.165, 1.54) is 12.1 Å². The first-order valence-corrected chi connectivity index (χ1v) is 12.0. The monoisotopic (exact) mass is 588 g/mol. The Morgan fingerprint density at radius 2 is 1.63 bits per heavy atom. The van der Waals surface area contributed by atoms with Gasteiger partial charge < -0.3 is 15.4 Å². The number of benzene rings is 3. The molecule has 0 bridgehead atoms. The number of anilines is 2. The van der Waals surface area contributed by atoms with E-state index in [9.17, 15) is 27.6 Å². The van der Waals surface area contributed by atoms with Crippen molar-refractivity contribution in [2.75, 3.05) is 22.7 Å². The molecule has 0 saturated heterocycles. The number of amides is 3. The SMILES string of the molecule is CCOc1ccc(NC(=O)c2cc3cc(Br)ccc3n2NC(=O)C(=O)Nc2cccc(C(F)(F)F)c2)cc1. The van der Waals surface area contributed by atoms with Crippen molar-refractivity contribution in [3.05, 3.63) is 88.5 Å². The standard InChI is InChI=1S/C26H20BrF3N4O4/c1-2-38-20-9-7-18(8-10-20)31-23(35)22-13-15-12-17(27)6-11-21(15)34(22)33-25(37)24(36)32-19-5-3-4-16(14-19)26(28,29)30/h3-14H,2H2,1H3,(H,31,35)(H,32,36)(H,33,37). The Morgan fingerprint density at radius 3 is 2.32 bits per heavy atom. The highest BCUT2D eigenvalue weighted by atomic mass is 79.9. The number of ether oxygens (including phenoxy) is 1. The van der Waals surface area contributed by atoms with E-state index in [-0.39, 0.29) is 11.4 Å². The van der Waals surface area contributed by atoms with Gasteiger partial charge in [0.1, 0.15) is 11.4 Å². The number of halogens is 4. The zero-order valence-electron chi connectivity index (χ0n) is 19.7. The molecule has 0 aliphatic heterocycles. The molecule has 1 aromatic heterocycles. The number of rotatable bonds is 6. The predicted octanol–water partition coefficient (Wildman–Crippen LogP) is 5.78. The van der Waals surface area contributed by atoms with Crippen molar-refractivity contribution in [1.29, 1.82) is 0 Å². The Bertz CT molecular complexity index is 1520. The molecule has 3 N–H and O–H groups in total. The smallest absolute Gasteiger partial charge is 0.416 e. The number of fused-ring (bicyclic) bond motifs is 1. The highest BCUT2D eigenvalue weighted by molar-refractivity contribution is 9.10. The van der Waals surface area contributed by atoms with E-state index in [1.807, 2.05) is 6.92 Å². The van der Waals surface area contributed by atoms with Crippen LogP contribution in [0.5, 0.6) is 5.75 Å². The van der Waals surface area contributed by atoms with E-state index in [4.69, 9.17) is 4.74 Å². The van der Waals surface area contributed by atoms with Crippen LogP contribution in [0.4, 0.5) is 24.5 Å². The van der Waals surface area contributed by atoms with E-state index in [0.29, 0.717) is 39.5 Å². The Balaban J connectivity index is 1.58. The minimum absolute atomic E-state index is 0.00667. The lowest BCUT2D eigenvalue weighted by molar-refractivity contribution is -0.137. The van der Waals surface area contributed by atoms with Gasteiger partial charge in [-0.05, 0) is 73.7 Å². The van der Waals surface area contributed by atoms with Crippen LogP contribution in [-0.2, 0) is 15.8 Å². The van der Waals surface area contributed by atoms with Gasteiger partial charge >= 0.3 is 18.0 Å².